The second-order valence-corrected chi connectivity index (χ2v) is 6.52. The Morgan fingerprint density at radius 2 is 1.52 bits per heavy atom. The zero-order valence-corrected chi connectivity index (χ0v) is 15.3. The van der Waals surface area contributed by atoms with Crippen LogP contribution >= 0.6 is 11.6 Å². The van der Waals surface area contributed by atoms with Gasteiger partial charge in [-0.3, -0.25) is 9.59 Å². The van der Waals surface area contributed by atoms with Gasteiger partial charge >= 0.3 is 0 Å². The summed E-state index contributed by atoms with van der Waals surface area (Å²) in [6.45, 7) is 0. The van der Waals surface area contributed by atoms with Gasteiger partial charge in [-0.2, -0.15) is 0 Å². The van der Waals surface area contributed by atoms with E-state index in [9.17, 15) is 9.59 Å². The third-order valence-electron chi connectivity index (χ3n) is 4.03. The summed E-state index contributed by atoms with van der Waals surface area (Å²) in [5.74, 6) is -0.594. The molecule has 0 aromatic heterocycles. The molecule has 1 atom stereocenters. The summed E-state index contributed by atoms with van der Waals surface area (Å²) in [6, 6.07) is 24.6. The van der Waals surface area contributed by atoms with Crippen molar-refractivity contribution in [2.45, 2.75) is 12.5 Å². The molecule has 3 rings (SSSR count). The van der Waals surface area contributed by atoms with E-state index in [-0.39, 0.29) is 11.8 Å². The smallest absolute Gasteiger partial charge is 0.251 e. The molecule has 3 aromatic rings. The maximum absolute atomic E-state index is 12.8. The van der Waals surface area contributed by atoms with Crippen molar-refractivity contribution < 1.29 is 9.59 Å². The fourth-order valence-corrected chi connectivity index (χ4v) is 2.88. The Hall–Kier alpha value is -3.11. The molecule has 4 nitrogen and oxygen atoms in total. The highest BCUT2D eigenvalue weighted by Crippen LogP contribution is 2.16. The quantitative estimate of drug-likeness (QED) is 0.671. The van der Waals surface area contributed by atoms with Crippen LogP contribution in [-0.2, 0) is 11.2 Å². The van der Waals surface area contributed by atoms with Crippen LogP contribution in [0.4, 0.5) is 5.69 Å². The molecule has 2 N–H and O–H groups in total. The topological polar surface area (TPSA) is 58.2 Å². The second kappa shape index (κ2) is 9.01. The zero-order valence-electron chi connectivity index (χ0n) is 14.6. The predicted octanol–water partition coefficient (Wildman–Crippen LogP) is 4.32. The summed E-state index contributed by atoms with van der Waals surface area (Å²) in [7, 11) is 0. The first-order valence-electron chi connectivity index (χ1n) is 8.58. The minimum Gasteiger partial charge on any atom is -0.340 e. The van der Waals surface area contributed by atoms with Gasteiger partial charge in [0.05, 0.1) is 0 Å². The Balaban J connectivity index is 1.78. The van der Waals surface area contributed by atoms with Crippen molar-refractivity contribution >= 4 is 29.1 Å². The molecule has 0 unspecified atom stereocenters. The van der Waals surface area contributed by atoms with Crippen molar-refractivity contribution in [1.29, 1.82) is 0 Å². The van der Waals surface area contributed by atoms with Gasteiger partial charge in [-0.25, -0.2) is 0 Å². The highest BCUT2D eigenvalue weighted by Gasteiger charge is 2.22. The van der Waals surface area contributed by atoms with E-state index in [2.05, 4.69) is 10.6 Å². The molecular weight excluding hydrogens is 360 g/mol. The van der Waals surface area contributed by atoms with E-state index in [0.717, 1.165) is 5.56 Å². The van der Waals surface area contributed by atoms with Gasteiger partial charge in [0, 0.05) is 22.7 Å². The Morgan fingerprint density at radius 1 is 0.852 bits per heavy atom. The fourth-order valence-electron chi connectivity index (χ4n) is 2.69. The molecule has 3 aromatic carbocycles. The normalized spacial score (nSPS) is 11.4. The average Bonchev–Trinajstić information content (AvgIpc) is 2.69. The van der Waals surface area contributed by atoms with Crippen LogP contribution in [0.25, 0.3) is 0 Å². The minimum absolute atomic E-state index is 0.294. The van der Waals surface area contributed by atoms with E-state index >= 15 is 0 Å². The van der Waals surface area contributed by atoms with Crippen molar-refractivity contribution in [2.75, 3.05) is 5.32 Å². The van der Waals surface area contributed by atoms with Gasteiger partial charge < -0.3 is 10.6 Å². The fraction of sp³-hybridized carbons (Fsp3) is 0.0909. The van der Waals surface area contributed by atoms with Crippen LogP contribution in [0.5, 0.6) is 0 Å². The summed E-state index contributed by atoms with van der Waals surface area (Å²) in [6.07, 6.45) is 0.381. The van der Waals surface area contributed by atoms with Gasteiger partial charge in [0.25, 0.3) is 5.91 Å². The molecule has 0 saturated heterocycles. The monoisotopic (exact) mass is 378 g/mol. The van der Waals surface area contributed by atoms with Crippen molar-refractivity contribution in [3.8, 4) is 0 Å². The van der Waals surface area contributed by atoms with Crippen molar-refractivity contribution in [3.63, 3.8) is 0 Å². The van der Waals surface area contributed by atoms with Gasteiger partial charge in [0.2, 0.25) is 5.91 Å². The van der Waals surface area contributed by atoms with Crippen LogP contribution in [0, 0.1) is 0 Å². The summed E-state index contributed by atoms with van der Waals surface area (Å²) >= 11 is 5.98. The number of hydrogen-bond acceptors (Lipinski definition) is 2. The number of hydrogen-bond donors (Lipinski definition) is 2. The summed E-state index contributed by atoms with van der Waals surface area (Å²) in [5.41, 5.74) is 2.04. The predicted molar refractivity (Wildman–Crippen MR) is 108 cm³/mol. The van der Waals surface area contributed by atoms with E-state index in [1.807, 2.05) is 36.4 Å². The van der Waals surface area contributed by atoms with Crippen LogP contribution in [-0.4, -0.2) is 17.9 Å². The van der Waals surface area contributed by atoms with Crippen LogP contribution in [0.3, 0.4) is 0 Å². The molecule has 0 fully saturated rings. The first-order valence-corrected chi connectivity index (χ1v) is 8.96. The molecule has 27 heavy (non-hydrogen) atoms. The SMILES string of the molecule is O=C(N[C@H](Cc1ccccc1)C(=O)Nc1cccc(Cl)c1)c1ccccc1. The Labute approximate surface area is 163 Å². The average molecular weight is 379 g/mol. The zero-order chi connectivity index (χ0) is 19.1. The number of halogens is 1. The molecule has 2 amide bonds. The lowest BCUT2D eigenvalue weighted by atomic mass is 10.0. The van der Waals surface area contributed by atoms with Gasteiger partial charge in [0.1, 0.15) is 6.04 Å². The van der Waals surface area contributed by atoms with E-state index in [4.69, 9.17) is 11.6 Å². The van der Waals surface area contributed by atoms with Crippen LogP contribution in [0.1, 0.15) is 15.9 Å². The molecule has 5 heteroatoms. The molecule has 136 valence electrons. The Kier molecular flexibility index (Phi) is 6.23. The summed E-state index contributed by atoms with van der Waals surface area (Å²) < 4.78 is 0. The van der Waals surface area contributed by atoms with Crippen LogP contribution in [0.2, 0.25) is 5.02 Å². The van der Waals surface area contributed by atoms with Crippen LogP contribution in [0.15, 0.2) is 84.9 Å². The number of nitrogens with one attached hydrogen (secondary N) is 2. The second-order valence-electron chi connectivity index (χ2n) is 6.08. The first-order chi connectivity index (χ1) is 13.1. The summed E-state index contributed by atoms with van der Waals surface area (Å²) in [4.78, 5) is 25.4. The van der Waals surface area contributed by atoms with Crippen molar-refractivity contribution in [2.24, 2.45) is 0 Å². The molecule has 0 aliphatic carbocycles. The molecule has 0 spiro atoms. The highest BCUT2D eigenvalue weighted by molar-refractivity contribution is 6.30. The van der Waals surface area contributed by atoms with E-state index in [0.29, 0.717) is 22.7 Å². The van der Waals surface area contributed by atoms with E-state index in [1.54, 1.807) is 48.5 Å². The number of amides is 2. The molecular formula is C22H19ClN2O2. The lowest BCUT2D eigenvalue weighted by Gasteiger charge is -2.19. The molecule has 0 aliphatic rings. The Bertz CT molecular complexity index is 914. The first kappa shape index (κ1) is 18.7. The molecule has 0 heterocycles. The molecule has 0 aliphatic heterocycles. The maximum Gasteiger partial charge on any atom is 0.251 e. The van der Waals surface area contributed by atoms with Gasteiger partial charge in [0.15, 0.2) is 0 Å². The van der Waals surface area contributed by atoms with E-state index < -0.39 is 6.04 Å². The molecule has 0 radical (unpaired) electrons. The number of benzene rings is 3. The lowest BCUT2D eigenvalue weighted by molar-refractivity contribution is -0.118. The third-order valence-corrected chi connectivity index (χ3v) is 4.27. The standard InChI is InChI=1S/C22H19ClN2O2/c23-18-12-7-13-19(15-18)24-22(27)20(14-16-8-3-1-4-9-16)25-21(26)17-10-5-2-6-11-17/h1-13,15,20H,14H2,(H,24,27)(H,25,26)/t20-/m1/s1. The van der Waals surface area contributed by atoms with Crippen LogP contribution < -0.4 is 10.6 Å². The summed E-state index contributed by atoms with van der Waals surface area (Å²) in [5, 5.41) is 6.18. The number of rotatable bonds is 6. The lowest BCUT2D eigenvalue weighted by Crippen LogP contribution is -2.45. The van der Waals surface area contributed by atoms with Gasteiger partial charge in [-0.1, -0.05) is 66.2 Å². The largest absolute Gasteiger partial charge is 0.340 e. The third kappa shape index (κ3) is 5.43. The van der Waals surface area contributed by atoms with Gasteiger partial charge in [-0.05, 0) is 35.9 Å². The highest BCUT2D eigenvalue weighted by atomic mass is 35.5. The van der Waals surface area contributed by atoms with Crippen molar-refractivity contribution in [1.82, 2.24) is 5.32 Å². The molecule has 0 saturated carbocycles. The molecule has 0 bridgehead atoms. The number of carbonyl (C=O) groups excluding carboxylic acids is 2. The van der Waals surface area contributed by atoms with E-state index in [1.165, 1.54) is 0 Å². The number of anilines is 1. The number of carbonyl (C=O) groups is 2. The maximum atomic E-state index is 12.8. The van der Waals surface area contributed by atoms with Crippen molar-refractivity contribution in [3.05, 3.63) is 101 Å². The minimum atomic E-state index is -0.723. The Morgan fingerprint density at radius 3 is 2.19 bits per heavy atom. The van der Waals surface area contributed by atoms with Gasteiger partial charge in [-0.15, -0.1) is 0 Å².